The average Bonchev–Trinajstić information content (AvgIpc) is 2.37. The van der Waals surface area contributed by atoms with E-state index in [1.54, 1.807) is 0 Å². The van der Waals surface area contributed by atoms with Crippen LogP contribution in [0.4, 0.5) is 0 Å². The second-order valence-corrected chi connectivity index (χ2v) is 1.61. The molecule has 0 aliphatic heterocycles. The summed E-state index contributed by atoms with van der Waals surface area (Å²) in [6, 6.07) is 10.0. The number of hydrogen-bond donors (Lipinski definition) is 0. The van der Waals surface area contributed by atoms with Gasteiger partial charge in [-0.25, -0.2) is 0 Å². The van der Waals surface area contributed by atoms with Gasteiger partial charge in [-0.3, -0.25) is 0 Å². The summed E-state index contributed by atoms with van der Waals surface area (Å²) in [5.74, 6) is 0. The zero-order valence-corrected chi connectivity index (χ0v) is 9.81. The Morgan fingerprint density at radius 1 is 0.867 bits per heavy atom. The predicted molar refractivity (Wildman–Crippen MR) is 48.3 cm³/mol. The van der Waals surface area contributed by atoms with Crippen LogP contribution in [0.1, 0.15) is 5.56 Å². The molecule has 0 aromatic heterocycles. The van der Waals surface area contributed by atoms with Crippen LogP contribution < -0.4 is 0 Å². The summed E-state index contributed by atoms with van der Waals surface area (Å²) in [7, 11) is 0. The van der Waals surface area contributed by atoms with Crippen LogP contribution in [0.15, 0.2) is 36.9 Å². The van der Waals surface area contributed by atoms with Gasteiger partial charge in [-0.05, 0) is 5.56 Å². The monoisotopic (exact) mass is 286 g/mol. The van der Waals surface area contributed by atoms with Crippen molar-refractivity contribution in [1.29, 1.82) is 0 Å². The summed E-state index contributed by atoms with van der Waals surface area (Å²) < 4.78 is 22.5. The quantitative estimate of drug-likeness (QED) is 0.431. The number of rotatable bonds is 1. The first kappa shape index (κ1) is 23.6. The summed E-state index contributed by atoms with van der Waals surface area (Å²) in [4.78, 5) is 0. The Kier molecular flexibility index (Phi) is 46.0. The van der Waals surface area contributed by atoms with E-state index in [0.29, 0.717) is 0 Å². The molecule has 0 aliphatic carbocycles. The maximum Gasteiger partial charge on any atom is 0 e. The summed E-state index contributed by atoms with van der Waals surface area (Å²) in [5.41, 5.74) is 1.17. The van der Waals surface area contributed by atoms with Gasteiger partial charge in [-0.15, -0.1) is 0 Å². The largest absolute Gasteiger partial charge is 0 e. The van der Waals surface area contributed by atoms with Crippen LogP contribution in [0.3, 0.4) is 0 Å². The third-order valence-electron chi connectivity index (χ3n) is 1.04. The molecule has 15 heavy (non-hydrogen) atoms. The molecule has 0 spiro atoms. The Morgan fingerprint density at radius 2 is 1.20 bits per heavy atom. The average molecular weight is 284 g/mol. The molecule has 0 aliphatic rings. The number of hydrogen-bond acceptors (Lipinski definition) is 0. The minimum atomic E-state index is 0. The molecular weight excluding hydrogens is 276 g/mol. The van der Waals surface area contributed by atoms with Crippen LogP contribution in [0.25, 0.3) is 6.08 Å². The molecule has 76 valence electrons. The molecule has 1 aromatic carbocycles. The molecule has 0 atom stereocenters. The molecule has 0 N–H and O–H groups in total. The molecule has 0 amide bonds. The second kappa shape index (κ2) is 29.3. The van der Waals surface area contributed by atoms with E-state index in [2.05, 4.69) is 26.5 Å². The summed E-state index contributed by atoms with van der Waals surface area (Å²) in [5, 5.41) is 0. The van der Waals surface area contributed by atoms with E-state index in [9.17, 15) is 0 Å². The van der Waals surface area contributed by atoms with E-state index < -0.39 is 0 Å². The first-order valence-corrected chi connectivity index (χ1v) is 3.22. The van der Waals surface area contributed by atoms with Gasteiger partial charge in [-0.2, -0.15) is 0 Å². The van der Waals surface area contributed by atoms with E-state index in [4.69, 9.17) is 14.0 Å². The molecule has 0 unspecified atom stereocenters. The van der Waals surface area contributed by atoms with Gasteiger partial charge in [0.1, 0.15) is 0 Å². The van der Waals surface area contributed by atoms with Gasteiger partial charge in [0.2, 0.25) is 0 Å². The smallest absolute Gasteiger partial charge is 0 e. The maximum absolute atomic E-state index is 7.50. The van der Waals surface area contributed by atoms with Crippen LogP contribution in [-0.2, 0) is 35.0 Å². The molecule has 3 nitrogen and oxygen atoms in total. The first-order chi connectivity index (χ1) is 6.93. The Labute approximate surface area is 104 Å². The molecule has 0 heterocycles. The van der Waals surface area contributed by atoms with Crippen molar-refractivity contribution in [1.82, 2.24) is 0 Å². The third-order valence-corrected chi connectivity index (χ3v) is 1.04. The van der Waals surface area contributed by atoms with E-state index in [1.807, 2.05) is 36.4 Å². The number of benzene rings is 1. The minimum absolute atomic E-state index is 0. The van der Waals surface area contributed by atoms with Crippen LogP contribution in [-0.4, -0.2) is 0 Å². The fourth-order valence-electron chi connectivity index (χ4n) is 0.589. The molecule has 0 radical (unpaired) electrons. The van der Waals surface area contributed by atoms with Gasteiger partial charge < -0.3 is 0 Å². The molecule has 0 saturated heterocycles. The van der Waals surface area contributed by atoms with Crippen molar-refractivity contribution in [3.05, 3.63) is 62.4 Å². The summed E-state index contributed by atoms with van der Waals surface area (Å²) >= 11 is 0. The van der Waals surface area contributed by atoms with Crippen LogP contribution in [0.2, 0.25) is 0 Å². The summed E-state index contributed by atoms with van der Waals surface area (Å²) in [6.07, 6.45) is 1.83. The van der Waals surface area contributed by atoms with E-state index in [1.165, 1.54) is 5.56 Å². The fourth-order valence-corrected chi connectivity index (χ4v) is 0.589. The van der Waals surface area contributed by atoms with Crippen molar-refractivity contribution in [2.24, 2.45) is 0 Å². The first-order valence-electron chi connectivity index (χ1n) is 3.22. The normalized spacial score (nSPS) is 4.93. The van der Waals surface area contributed by atoms with Crippen LogP contribution >= 0.6 is 0 Å². The molecule has 0 bridgehead atoms. The Hall–Kier alpha value is -1.13. The predicted octanol–water partition coefficient (Wildman–Crippen LogP) is 2.21. The molecule has 1 aromatic rings. The van der Waals surface area contributed by atoms with Crippen molar-refractivity contribution in [3.63, 3.8) is 0 Å². The van der Waals surface area contributed by atoms with Crippen LogP contribution in [0.5, 0.6) is 0 Å². The Bertz CT molecular complexity index is 261. The van der Waals surface area contributed by atoms with Crippen LogP contribution in [0, 0.1) is 20.0 Å². The van der Waals surface area contributed by atoms with Crippen molar-refractivity contribution in [3.8, 4) is 0 Å². The van der Waals surface area contributed by atoms with Gasteiger partial charge in [0.15, 0.2) is 0 Å². The van der Waals surface area contributed by atoms with Crippen molar-refractivity contribution in [2.75, 3.05) is 0 Å². The van der Waals surface area contributed by atoms with Gasteiger partial charge >= 0.3 is 33.9 Å². The van der Waals surface area contributed by atoms with E-state index in [-0.39, 0.29) is 21.1 Å². The van der Waals surface area contributed by atoms with E-state index >= 15 is 0 Å². The van der Waals surface area contributed by atoms with E-state index in [0.717, 1.165) is 0 Å². The minimum Gasteiger partial charge on any atom is 0 e. The van der Waals surface area contributed by atoms with Crippen molar-refractivity contribution < 1.29 is 35.0 Å². The summed E-state index contributed by atoms with van der Waals surface area (Å²) in [6.45, 7) is 17.1. The third kappa shape index (κ3) is 19.3. The van der Waals surface area contributed by atoms with Crippen molar-refractivity contribution in [2.45, 2.75) is 0 Å². The van der Waals surface area contributed by atoms with Gasteiger partial charge in [-0.1, -0.05) is 43.0 Å². The molecule has 1 rings (SSSR count). The Balaban J connectivity index is -0.0000000755. The topological polar surface area (TPSA) is 59.7 Å². The fraction of sp³-hybridized carbons (Fsp3) is 0. The van der Waals surface area contributed by atoms with Gasteiger partial charge in [0.05, 0.1) is 0 Å². The molecular formula is C11H8MoO3. The molecule has 0 saturated carbocycles. The molecule has 4 heteroatoms. The van der Waals surface area contributed by atoms with Gasteiger partial charge in [0, 0.05) is 21.1 Å². The van der Waals surface area contributed by atoms with Crippen molar-refractivity contribution >= 4 is 6.08 Å². The maximum atomic E-state index is 7.50. The van der Waals surface area contributed by atoms with Gasteiger partial charge in [0.25, 0.3) is 0 Å². The standard InChI is InChI=1S/C8H8.3CO.Mo/c1-2-8-6-4-3-5-7-8;3*1-2;/h2-7H,1H2;;;;. The second-order valence-electron chi connectivity index (χ2n) is 1.61. The SMILES string of the molecule is C=Cc1ccccc1.[C-]#[O+].[C-]#[O+].[C-]#[O+].[Mo]. The zero-order chi connectivity index (χ0) is 11.8. The molecule has 0 fully saturated rings. The zero-order valence-electron chi connectivity index (χ0n) is 7.80. The Morgan fingerprint density at radius 3 is 1.40 bits per heavy atom.